The van der Waals surface area contributed by atoms with Crippen LogP contribution in [0.25, 0.3) is 10.2 Å². The van der Waals surface area contributed by atoms with Crippen molar-refractivity contribution in [1.82, 2.24) is 14.3 Å². The maximum Gasteiger partial charge on any atom is 0.260 e. The molecule has 0 unspecified atom stereocenters. The first-order valence-electron chi connectivity index (χ1n) is 12.1. The van der Waals surface area contributed by atoms with Gasteiger partial charge >= 0.3 is 0 Å². The van der Waals surface area contributed by atoms with E-state index in [2.05, 4.69) is 4.98 Å². The van der Waals surface area contributed by atoms with E-state index in [0.717, 1.165) is 28.6 Å². The van der Waals surface area contributed by atoms with Gasteiger partial charge in [0.15, 0.2) is 5.13 Å². The van der Waals surface area contributed by atoms with Crippen molar-refractivity contribution in [2.45, 2.75) is 45.1 Å². The van der Waals surface area contributed by atoms with E-state index in [4.69, 9.17) is 16.6 Å². The first-order valence-corrected chi connectivity index (χ1v) is 14.8. The van der Waals surface area contributed by atoms with E-state index in [1.807, 2.05) is 51.1 Å². The molecule has 0 saturated heterocycles. The van der Waals surface area contributed by atoms with Crippen LogP contribution in [0.5, 0.6) is 0 Å². The van der Waals surface area contributed by atoms with Gasteiger partial charge in [0.25, 0.3) is 5.91 Å². The number of sulfonamides is 1. The summed E-state index contributed by atoms with van der Waals surface area (Å²) in [4.78, 5) is 24.6. The lowest BCUT2D eigenvalue weighted by atomic mass is 10.2. The summed E-state index contributed by atoms with van der Waals surface area (Å²) in [7, 11) is -3.64. The van der Waals surface area contributed by atoms with Gasteiger partial charge in [-0.3, -0.25) is 14.7 Å². The molecule has 0 saturated carbocycles. The Morgan fingerprint density at radius 2 is 1.84 bits per heavy atom. The lowest BCUT2D eigenvalue weighted by molar-refractivity contribution is 0.0984. The Morgan fingerprint density at radius 3 is 2.49 bits per heavy atom. The van der Waals surface area contributed by atoms with Crippen molar-refractivity contribution in [3.8, 4) is 0 Å². The second kappa shape index (κ2) is 11.7. The van der Waals surface area contributed by atoms with Crippen LogP contribution in [0, 0.1) is 6.92 Å². The van der Waals surface area contributed by atoms with Crippen LogP contribution >= 0.6 is 22.9 Å². The van der Waals surface area contributed by atoms with Gasteiger partial charge in [0.2, 0.25) is 10.0 Å². The van der Waals surface area contributed by atoms with Crippen LogP contribution in [0.15, 0.2) is 65.7 Å². The molecule has 0 aliphatic heterocycles. The third-order valence-electron chi connectivity index (χ3n) is 6.01. The summed E-state index contributed by atoms with van der Waals surface area (Å²) < 4.78 is 28.6. The number of halogens is 1. The lowest BCUT2D eigenvalue weighted by Crippen LogP contribution is -2.32. The summed E-state index contributed by atoms with van der Waals surface area (Å²) in [5.41, 5.74) is 2.78. The highest BCUT2D eigenvalue weighted by Crippen LogP contribution is 2.34. The molecule has 0 aliphatic carbocycles. The molecule has 0 fully saturated rings. The third kappa shape index (κ3) is 6.01. The quantitative estimate of drug-likeness (QED) is 0.228. The minimum absolute atomic E-state index is 0.170. The Balaban J connectivity index is 1.69. The minimum Gasteiger partial charge on any atom is -0.278 e. The second-order valence-corrected chi connectivity index (χ2v) is 12.0. The summed E-state index contributed by atoms with van der Waals surface area (Å²) in [6.07, 6.45) is 3.37. The molecule has 4 aromatic rings. The number of hydrogen-bond acceptors (Lipinski definition) is 6. The molecular weight excluding hydrogens is 528 g/mol. The monoisotopic (exact) mass is 556 g/mol. The number of aryl methyl sites for hydroxylation is 1. The molecule has 0 aliphatic rings. The number of benzene rings is 2. The van der Waals surface area contributed by atoms with Crippen molar-refractivity contribution in [2.75, 3.05) is 18.0 Å². The van der Waals surface area contributed by atoms with Crippen LogP contribution in [0.1, 0.15) is 48.3 Å². The molecule has 10 heteroatoms. The average Bonchev–Trinajstić information content (AvgIpc) is 3.32. The number of thiazole rings is 1. The standard InChI is InChI=1S/C27H29ClN4O3S2/c1-4-6-15-31(5-2)37(34,35)23-12-10-20(11-13-23)26(33)32(18-22-9-7-8-14-29-22)27-30-25-19(3)16-21(28)17-24(25)36-27/h7-14,16-17H,4-6,15,18H2,1-3H3. The topological polar surface area (TPSA) is 83.5 Å². The molecule has 37 heavy (non-hydrogen) atoms. The highest BCUT2D eigenvalue weighted by molar-refractivity contribution is 7.89. The Morgan fingerprint density at radius 1 is 1.08 bits per heavy atom. The highest BCUT2D eigenvalue weighted by Gasteiger charge is 2.26. The van der Waals surface area contributed by atoms with Crippen LogP contribution in [0.4, 0.5) is 5.13 Å². The average molecular weight is 557 g/mol. The van der Waals surface area contributed by atoms with Crippen molar-refractivity contribution in [2.24, 2.45) is 0 Å². The van der Waals surface area contributed by atoms with Gasteiger partial charge in [-0.2, -0.15) is 4.31 Å². The van der Waals surface area contributed by atoms with E-state index in [0.29, 0.717) is 34.5 Å². The zero-order valence-electron chi connectivity index (χ0n) is 21.0. The zero-order chi connectivity index (χ0) is 26.6. The van der Waals surface area contributed by atoms with Crippen molar-refractivity contribution >= 4 is 54.2 Å². The SMILES string of the molecule is CCCCN(CC)S(=O)(=O)c1ccc(C(=O)N(Cc2ccccn2)c2nc3c(C)cc(Cl)cc3s2)cc1. The number of anilines is 1. The summed E-state index contributed by atoms with van der Waals surface area (Å²) in [5, 5.41) is 1.13. The Kier molecular flexibility index (Phi) is 8.59. The number of nitrogens with zero attached hydrogens (tertiary/aromatic N) is 4. The fraction of sp³-hybridized carbons (Fsp3) is 0.296. The molecule has 2 aromatic carbocycles. The van der Waals surface area contributed by atoms with Crippen LogP contribution in [0.3, 0.4) is 0 Å². The Bertz CT molecular complexity index is 1490. The fourth-order valence-corrected chi connectivity index (χ4v) is 6.90. The first-order chi connectivity index (χ1) is 17.7. The van der Waals surface area contributed by atoms with Gasteiger partial charge in [0.1, 0.15) is 0 Å². The molecule has 7 nitrogen and oxygen atoms in total. The van der Waals surface area contributed by atoms with E-state index < -0.39 is 10.0 Å². The number of unbranched alkanes of at least 4 members (excludes halogenated alkanes) is 1. The molecule has 1 amide bonds. The van der Waals surface area contributed by atoms with E-state index in [-0.39, 0.29) is 17.3 Å². The first kappa shape index (κ1) is 27.2. The van der Waals surface area contributed by atoms with Crippen molar-refractivity contribution in [3.05, 3.63) is 82.6 Å². The number of fused-ring (bicyclic) bond motifs is 1. The summed E-state index contributed by atoms with van der Waals surface area (Å²) >= 11 is 7.63. The molecule has 2 aromatic heterocycles. The zero-order valence-corrected chi connectivity index (χ0v) is 23.4. The summed E-state index contributed by atoms with van der Waals surface area (Å²) in [5.74, 6) is -0.296. The molecule has 0 bridgehead atoms. The molecular formula is C27H29ClN4O3S2. The molecule has 0 N–H and O–H groups in total. The van der Waals surface area contributed by atoms with E-state index in [1.165, 1.54) is 27.8 Å². The van der Waals surface area contributed by atoms with Crippen molar-refractivity contribution < 1.29 is 13.2 Å². The second-order valence-electron chi connectivity index (χ2n) is 8.65. The molecule has 194 valence electrons. The summed E-state index contributed by atoms with van der Waals surface area (Å²) in [6, 6.07) is 15.3. The minimum atomic E-state index is -3.64. The predicted molar refractivity (Wildman–Crippen MR) is 150 cm³/mol. The number of pyridine rings is 1. The predicted octanol–water partition coefficient (Wildman–Crippen LogP) is 6.31. The van der Waals surface area contributed by atoms with Crippen molar-refractivity contribution in [1.29, 1.82) is 0 Å². The molecule has 2 heterocycles. The third-order valence-corrected chi connectivity index (χ3v) is 9.25. The smallest absolute Gasteiger partial charge is 0.260 e. The maximum atomic E-state index is 13.7. The van der Waals surface area contributed by atoms with Crippen LogP contribution in [-0.4, -0.2) is 41.7 Å². The maximum absolute atomic E-state index is 13.7. The van der Waals surface area contributed by atoms with Crippen LogP contribution in [-0.2, 0) is 16.6 Å². The van der Waals surface area contributed by atoms with Gasteiger partial charge in [0, 0.05) is 29.9 Å². The number of hydrogen-bond donors (Lipinski definition) is 0. The van der Waals surface area contributed by atoms with Crippen LogP contribution < -0.4 is 4.90 Å². The molecule has 0 radical (unpaired) electrons. The van der Waals surface area contributed by atoms with Crippen LogP contribution in [0.2, 0.25) is 5.02 Å². The highest BCUT2D eigenvalue weighted by atomic mass is 35.5. The van der Waals surface area contributed by atoms with E-state index in [9.17, 15) is 13.2 Å². The number of rotatable bonds is 10. The van der Waals surface area contributed by atoms with Gasteiger partial charge in [-0.15, -0.1) is 0 Å². The van der Waals surface area contributed by atoms with Gasteiger partial charge in [0.05, 0.1) is 27.4 Å². The number of carbonyl (C=O) groups is 1. The van der Waals surface area contributed by atoms with Gasteiger partial charge in [-0.1, -0.05) is 49.3 Å². The fourth-order valence-electron chi connectivity index (χ4n) is 4.00. The number of carbonyl (C=O) groups excluding carboxylic acids is 1. The van der Waals surface area contributed by atoms with Gasteiger partial charge < -0.3 is 0 Å². The Labute approximate surface area is 226 Å². The van der Waals surface area contributed by atoms with E-state index in [1.54, 1.807) is 23.2 Å². The van der Waals surface area contributed by atoms with Crippen molar-refractivity contribution in [3.63, 3.8) is 0 Å². The molecule has 0 spiro atoms. The largest absolute Gasteiger partial charge is 0.278 e. The van der Waals surface area contributed by atoms with Gasteiger partial charge in [-0.05, 0) is 67.4 Å². The lowest BCUT2D eigenvalue weighted by Gasteiger charge is -2.21. The Hall–Kier alpha value is -2.85. The number of amides is 1. The number of aromatic nitrogens is 2. The normalized spacial score (nSPS) is 11.8. The van der Waals surface area contributed by atoms with E-state index >= 15 is 0 Å². The molecule has 4 rings (SSSR count). The summed E-state index contributed by atoms with van der Waals surface area (Å²) in [6.45, 7) is 6.86. The molecule has 0 atom stereocenters. The van der Waals surface area contributed by atoms with Gasteiger partial charge in [-0.25, -0.2) is 13.4 Å².